The molecule has 116 valence electrons. The number of rotatable bonds is 6. The van der Waals surface area contributed by atoms with E-state index in [2.05, 4.69) is 5.32 Å². The Labute approximate surface area is 126 Å². The minimum absolute atomic E-state index is 0.256. The first kappa shape index (κ1) is 17.4. The molecule has 0 saturated carbocycles. The highest BCUT2D eigenvalue weighted by Gasteiger charge is 2.37. The molecule has 0 spiro atoms. The summed E-state index contributed by atoms with van der Waals surface area (Å²) >= 11 is 5.67. The van der Waals surface area contributed by atoms with Gasteiger partial charge in [-0.3, -0.25) is 9.59 Å². The van der Waals surface area contributed by atoms with Crippen LogP contribution in [0.3, 0.4) is 0 Å². The van der Waals surface area contributed by atoms with Crippen molar-refractivity contribution >= 4 is 29.2 Å². The summed E-state index contributed by atoms with van der Waals surface area (Å²) in [6, 6.07) is 1.45. The van der Waals surface area contributed by atoms with Crippen LogP contribution < -0.4 is 5.32 Å². The maximum absolute atomic E-state index is 13.6. The summed E-state index contributed by atoms with van der Waals surface area (Å²) in [6.07, 6.45) is 0.195. The lowest BCUT2D eigenvalue weighted by Crippen LogP contribution is -2.34. The largest absolute Gasteiger partial charge is 0.481 e. The Morgan fingerprint density at radius 3 is 2.29 bits per heavy atom. The second-order valence-electron chi connectivity index (χ2n) is 4.76. The second kappa shape index (κ2) is 6.85. The van der Waals surface area contributed by atoms with Gasteiger partial charge in [0.15, 0.2) is 5.82 Å². The Morgan fingerprint density at radius 1 is 1.29 bits per heavy atom. The van der Waals surface area contributed by atoms with Gasteiger partial charge < -0.3 is 10.4 Å². The van der Waals surface area contributed by atoms with Crippen molar-refractivity contribution in [2.75, 3.05) is 5.32 Å². The average molecular weight is 320 g/mol. The number of carboxylic acid groups (broad SMARTS) is 1. The van der Waals surface area contributed by atoms with Crippen molar-refractivity contribution in [3.8, 4) is 0 Å². The van der Waals surface area contributed by atoms with E-state index in [0.29, 0.717) is 6.07 Å². The number of hydrogen-bond acceptors (Lipinski definition) is 2. The third-order valence-electron chi connectivity index (χ3n) is 3.58. The van der Waals surface area contributed by atoms with Gasteiger partial charge in [0.05, 0.1) is 16.1 Å². The van der Waals surface area contributed by atoms with Gasteiger partial charge in [-0.2, -0.15) is 0 Å². The van der Waals surface area contributed by atoms with Gasteiger partial charge in [0.25, 0.3) is 0 Å². The van der Waals surface area contributed by atoms with Crippen molar-refractivity contribution in [3.63, 3.8) is 0 Å². The lowest BCUT2D eigenvalue weighted by molar-refractivity contribution is -0.151. The fourth-order valence-electron chi connectivity index (χ4n) is 2.03. The van der Waals surface area contributed by atoms with E-state index in [4.69, 9.17) is 11.6 Å². The monoisotopic (exact) mass is 319 g/mol. The van der Waals surface area contributed by atoms with Crippen molar-refractivity contribution in [1.29, 1.82) is 0 Å². The van der Waals surface area contributed by atoms with Crippen LogP contribution in [0.25, 0.3) is 0 Å². The van der Waals surface area contributed by atoms with Crippen LogP contribution in [-0.4, -0.2) is 17.0 Å². The minimum atomic E-state index is -1.22. The molecule has 0 saturated heterocycles. The number of amides is 1. The molecule has 2 N–H and O–H groups in total. The molecule has 7 heteroatoms. The summed E-state index contributed by atoms with van der Waals surface area (Å²) in [4.78, 5) is 23.3. The first-order chi connectivity index (χ1) is 9.75. The maximum Gasteiger partial charge on any atom is 0.310 e. The molecule has 1 aromatic carbocycles. The van der Waals surface area contributed by atoms with E-state index in [0.717, 1.165) is 6.07 Å². The topological polar surface area (TPSA) is 66.4 Å². The summed E-state index contributed by atoms with van der Waals surface area (Å²) < 4.78 is 26.5. The molecule has 4 nitrogen and oxygen atoms in total. The molecule has 0 aliphatic carbocycles. The van der Waals surface area contributed by atoms with E-state index in [1.54, 1.807) is 13.8 Å². The summed E-state index contributed by atoms with van der Waals surface area (Å²) in [5.74, 6) is -3.65. The van der Waals surface area contributed by atoms with Gasteiger partial charge in [0, 0.05) is 12.5 Å². The van der Waals surface area contributed by atoms with E-state index in [-0.39, 0.29) is 30.0 Å². The molecule has 0 radical (unpaired) electrons. The van der Waals surface area contributed by atoms with Crippen LogP contribution >= 0.6 is 11.6 Å². The molecule has 0 aliphatic heterocycles. The van der Waals surface area contributed by atoms with Crippen molar-refractivity contribution in [2.24, 2.45) is 5.41 Å². The van der Waals surface area contributed by atoms with Gasteiger partial charge in [0.2, 0.25) is 5.91 Å². The van der Waals surface area contributed by atoms with E-state index < -0.39 is 28.9 Å². The lowest BCUT2D eigenvalue weighted by atomic mass is 9.79. The van der Waals surface area contributed by atoms with Gasteiger partial charge in [-0.05, 0) is 18.9 Å². The van der Waals surface area contributed by atoms with Crippen LogP contribution in [0.4, 0.5) is 14.5 Å². The van der Waals surface area contributed by atoms with E-state index >= 15 is 0 Å². The van der Waals surface area contributed by atoms with Crippen molar-refractivity contribution in [1.82, 2.24) is 0 Å². The highest BCUT2D eigenvalue weighted by Crippen LogP contribution is 2.32. The number of nitrogens with one attached hydrogen (secondary N) is 1. The lowest BCUT2D eigenvalue weighted by Gasteiger charge is -2.26. The number of aliphatic carboxylic acids is 1. The normalized spacial score (nSPS) is 11.3. The molecule has 0 unspecified atom stereocenters. The molecule has 0 aliphatic rings. The molecule has 1 rings (SSSR count). The third kappa shape index (κ3) is 3.91. The average Bonchev–Trinajstić information content (AvgIpc) is 2.40. The molecule has 0 bridgehead atoms. The fourth-order valence-corrected chi connectivity index (χ4v) is 2.27. The van der Waals surface area contributed by atoms with Gasteiger partial charge in [-0.25, -0.2) is 8.78 Å². The summed E-state index contributed by atoms with van der Waals surface area (Å²) in [5, 5.41) is 11.2. The Balaban J connectivity index is 2.95. The molecular weight excluding hydrogens is 304 g/mol. The summed E-state index contributed by atoms with van der Waals surface area (Å²) in [6.45, 7) is 3.33. The molecular formula is C14H16ClF2NO3. The fraction of sp³-hybridized carbons (Fsp3) is 0.429. The molecule has 1 amide bonds. The van der Waals surface area contributed by atoms with E-state index in [1.807, 2.05) is 0 Å². The quantitative estimate of drug-likeness (QED) is 0.837. The van der Waals surface area contributed by atoms with E-state index in [1.165, 1.54) is 0 Å². The second-order valence-corrected chi connectivity index (χ2v) is 5.17. The zero-order valence-corrected chi connectivity index (χ0v) is 12.4. The van der Waals surface area contributed by atoms with Crippen LogP contribution in [0.15, 0.2) is 12.1 Å². The molecule has 0 fully saturated rings. The first-order valence-electron chi connectivity index (χ1n) is 6.43. The standard InChI is InChI=1S/C14H16ClF2NO3/c1-3-14(4-2,13(20)21)7-11(19)18-12-9(15)5-8(16)6-10(12)17/h5-6H,3-4,7H2,1-2H3,(H,18,19)(H,20,21). The first-order valence-corrected chi connectivity index (χ1v) is 6.81. The summed E-state index contributed by atoms with van der Waals surface area (Å²) in [5.41, 5.74) is -1.57. The Bertz CT molecular complexity index is 536. The van der Waals surface area contributed by atoms with Crippen molar-refractivity contribution in [2.45, 2.75) is 33.1 Å². The number of halogens is 3. The smallest absolute Gasteiger partial charge is 0.310 e. The summed E-state index contributed by atoms with van der Waals surface area (Å²) in [7, 11) is 0. The molecule has 0 heterocycles. The number of benzene rings is 1. The van der Waals surface area contributed by atoms with Crippen molar-refractivity contribution < 1.29 is 23.5 Å². The highest BCUT2D eigenvalue weighted by molar-refractivity contribution is 6.33. The molecule has 0 atom stereocenters. The van der Waals surface area contributed by atoms with Gasteiger partial charge in [-0.15, -0.1) is 0 Å². The number of carbonyl (C=O) groups excluding carboxylic acids is 1. The van der Waals surface area contributed by atoms with Gasteiger partial charge in [0.1, 0.15) is 5.82 Å². The number of hydrogen-bond donors (Lipinski definition) is 2. The van der Waals surface area contributed by atoms with Crippen LogP contribution in [0.5, 0.6) is 0 Å². The van der Waals surface area contributed by atoms with Crippen LogP contribution in [0.2, 0.25) is 5.02 Å². The predicted octanol–water partition coefficient (Wildman–Crippen LogP) is 3.84. The molecule has 21 heavy (non-hydrogen) atoms. The zero-order chi connectivity index (χ0) is 16.2. The van der Waals surface area contributed by atoms with Crippen molar-refractivity contribution in [3.05, 3.63) is 28.8 Å². The Hall–Kier alpha value is -1.69. The van der Waals surface area contributed by atoms with Crippen LogP contribution in [0.1, 0.15) is 33.1 Å². The Kier molecular flexibility index (Phi) is 5.66. The number of carboxylic acids is 1. The SMILES string of the molecule is CCC(CC)(CC(=O)Nc1c(F)cc(F)cc1Cl)C(=O)O. The minimum Gasteiger partial charge on any atom is -0.481 e. The van der Waals surface area contributed by atoms with Crippen LogP contribution in [-0.2, 0) is 9.59 Å². The van der Waals surface area contributed by atoms with Crippen LogP contribution in [0, 0.1) is 17.0 Å². The third-order valence-corrected chi connectivity index (χ3v) is 3.88. The van der Waals surface area contributed by atoms with E-state index in [9.17, 15) is 23.5 Å². The molecule has 1 aromatic rings. The Morgan fingerprint density at radius 2 is 1.86 bits per heavy atom. The van der Waals surface area contributed by atoms with Gasteiger partial charge in [-0.1, -0.05) is 25.4 Å². The highest BCUT2D eigenvalue weighted by atomic mass is 35.5. The number of carbonyl (C=O) groups is 2. The maximum atomic E-state index is 13.6. The molecule has 0 aromatic heterocycles. The zero-order valence-electron chi connectivity index (χ0n) is 11.7. The number of anilines is 1. The van der Waals surface area contributed by atoms with Gasteiger partial charge >= 0.3 is 5.97 Å². The predicted molar refractivity (Wildman–Crippen MR) is 75.3 cm³/mol.